The highest BCUT2D eigenvalue weighted by molar-refractivity contribution is 7.91. The molecule has 1 unspecified atom stereocenters. The molecule has 0 spiro atoms. The van der Waals surface area contributed by atoms with Crippen molar-refractivity contribution in [3.8, 4) is 0 Å². The van der Waals surface area contributed by atoms with E-state index in [1.807, 2.05) is 31.2 Å². The van der Waals surface area contributed by atoms with Crippen LogP contribution in [0.1, 0.15) is 18.4 Å². The molecule has 1 saturated heterocycles. The summed E-state index contributed by atoms with van der Waals surface area (Å²) in [4.78, 5) is 12.5. The van der Waals surface area contributed by atoms with Crippen LogP contribution in [0, 0.1) is 12.8 Å². The van der Waals surface area contributed by atoms with Crippen LogP contribution in [0.25, 0.3) is 0 Å². The summed E-state index contributed by atoms with van der Waals surface area (Å²) in [6.07, 6.45) is 1.33. The van der Waals surface area contributed by atoms with Gasteiger partial charge in [0.2, 0.25) is 5.91 Å². The highest BCUT2D eigenvalue weighted by Gasteiger charge is 2.34. The van der Waals surface area contributed by atoms with Crippen molar-refractivity contribution >= 4 is 44.6 Å². The van der Waals surface area contributed by atoms with Gasteiger partial charge in [-0.05, 0) is 44.0 Å². The Morgan fingerprint density at radius 3 is 2.60 bits per heavy atom. The van der Waals surface area contributed by atoms with Crippen molar-refractivity contribution in [1.82, 2.24) is 4.31 Å². The van der Waals surface area contributed by atoms with Crippen LogP contribution in [0.3, 0.4) is 0 Å². The van der Waals surface area contributed by atoms with Crippen molar-refractivity contribution in [3.63, 3.8) is 0 Å². The Kier molecular flexibility index (Phi) is 5.48. The number of sulfonamides is 1. The van der Waals surface area contributed by atoms with E-state index in [0.29, 0.717) is 23.7 Å². The van der Waals surface area contributed by atoms with Gasteiger partial charge in [0.25, 0.3) is 10.0 Å². The molecule has 1 aliphatic rings. The number of piperidine rings is 1. The second-order valence-electron chi connectivity index (χ2n) is 6.12. The lowest BCUT2D eigenvalue weighted by atomic mass is 9.98. The fourth-order valence-electron chi connectivity index (χ4n) is 2.82. The number of anilines is 1. The van der Waals surface area contributed by atoms with Crippen molar-refractivity contribution in [2.45, 2.75) is 24.0 Å². The first-order valence-electron chi connectivity index (χ1n) is 7.99. The van der Waals surface area contributed by atoms with Gasteiger partial charge >= 0.3 is 0 Å². The highest BCUT2D eigenvalue weighted by atomic mass is 35.5. The molecule has 1 aromatic heterocycles. The maximum atomic E-state index is 12.7. The largest absolute Gasteiger partial charge is 0.326 e. The minimum Gasteiger partial charge on any atom is -0.326 e. The number of thiophene rings is 1. The number of carbonyl (C=O) groups is 1. The molecule has 5 nitrogen and oxygen atoms in total. The van der Waals surface area contributed by atoms with Gasteiger partial charge in [-0.3, -0.25) is 4.79 Å². The minimum absolute atomic E-state index is 0.145. The third kappa shape index (κ3) is 4.23. The smallest absolute Gasteiger partial charge is 0.252 e. The van der Waals surface area contributed by atoms with Crippen molar-refractivity contribution in [1.29, 1.82) is 0 Å². The molecule has 1 amide bonds. The van der Waals surface area contributed by atoms with E-state index in [2.05, 4.69) is 5.32 Å². The lowest BCUT2D eigenvalue weighted by Crippen LogP contribution is -2.43. The van der Waals surface area contributed by atoms with Gasteiger partial charge in [-0.1, -0.05) is 29.3 Å². The number of nitrogens with zero attached hydrogens (tertiary/aromatic N) is 1. The molecule has 25 heavy (non-hydrogen) atoms. The monoisotopic (exact) mass is 398 g/mol. The summed E-state index contributed by atoms with van der Waals surface area (Å²) in [5, 5.41) is 2.88. The number of nitrogens with one attached hydrogen (secondary N) is 1. The van der Waals surface area contributed by atoms with Crippen LogP contribution in [0.15, 0.2) is 40.6 Å². The van der Waals surface area contributed by atoms with Gasteiger partial charge in [0, 0.05) is 18.8 Å². The van der Waals surface area contributed by atoms with Crippen LogP contribution in [0.2, 0.25) is 4.34 Å². The second kappa shape index (κ2) is 7.45. The fourth-order valence-corrected chi connectivity index (χ4v) is 5.98. The zero-order valence-corrected chi connectivity index (χ0v) is 16.1. The van der Waals surface area contributed by atoms with Gasteiger partial charge in [0.1, 0.15) is 4.21 Å². The number of rotatable bonds is 4. The Bertz CT molecular complexity index is 862. The zero-order chi connectivity index (χ0) is 18.0. The first kappa shape index (κ1) is 18.4. The SMILES string of the molecule is Cc1ccc(NC(=O)C2CCCN(S(=O)(=O)c3ccc(Cl)s3)C2)cc1. The van der Waals surface area contributed by atoms with E-state index in [1.54, 1.807) is 6.07 Å². The molecule has 0 bridgehead atoms. The molecule has 1 aliphatic heterocycles. The summed E-state index contributed by atoms with van der Waals surface area (Å²) in [5.41, 5.74) is 1.84. The quantitative estimate of drug-likeness (QED) is 0.852. The van der Waals surface area contributed by atoms with Crippen LogP contribution in [0.5, 0.6) is 0 Å². The standard InChI is InChI=1S/C17H19ClN2O3S2/c1-12-4-6-14(7-5-12)19-17(21)13-3-2-10-20(11-13)25(22,23)16-9-8-15(18)24-16/h4-9,13H,2-3,10-11H2,1H3,(H,19,21). The number of benzene rings is 1. The maximum absolute atomic E-state index is 12.7. The molecule has 1 N–H and O–H groups in total. The number of carbonyl (C=O) groups excluding carboxylic acids is 1. The molecule has 0 radical (unpaired) electrons. The second-order valence-corrected chi connectivity index (χ2v) is 10.00. The van der Waals surface area contributed by atoms with E-state index in [-0.39, 0.29) is 22.6 Å². The van der Waals surface area contributed by atoms with Crippen LogP contribution in [-0.4, -0.2) is 31.7 Å². The van der Waals surface area contributed by atoms with E-state index < -0.39 is 10.0 Å². The third-order valence-corrected chi connectivity index (χ3v) is 7.78. The highest BCUT2D eigenvalue weighted by Crippen LogP contribution is 2.30. The molecule has 2 heterocycles. The lowest BCUT2D eigenvalue weighted by Gasteiger charge is -2.30. The topological polar surface area (TPSA) is 66.5 Å². The van der Waals surface area contributed by atoms with E-state index in [1.165, 1.54) is 10.4 Å². The Labute approximate surface area is 156 Å². The van der Waals surface area contributed by atoms with Gasteiger partial charge in [0.05, 0.1) is 10.3 Å². The van der Waals surface area contributed by atoms with Gasteiger partial charge < -0.3 is 5.32 Å². The molecular weight excluding hydrogens is 380 g/mol. The van der Waals surface area contributed by atoms with E-state index >= 15 is 0 Å². The van der Waals surface area contributed by atoms with Crippen LogP contribution >= 0.6 is 22.9 Å². The summed E-state index contributed by atoms with van der Waals surface area (Å²) in [7, 11) is -3.60. The van der Waals surface area contributed by atoms with Crippen LogP contribution in [0.4, 0.5) is 5.69 Å². The van der Waals surface area contributed by atoms with E-state index in [0.717, 1.165) is 22.6 Å². The first-order valence-corrected chi connectivity index (χ1v) is 10.6. The maximum Gasteiger partial charge on any atom is 0.252 e. The number of halogens is 1. The molecule has 1 aromatic carbocycles. The Morgan fingerprint density at radius 2 is 1.96 bits per heavy atom. The fraction of sp³-hybridized carbons (Fsp3) is 0.353. The average Bonchev–Trinajstić information content (AvgIpc) is 3.04. The summed E-state index contributed by atoms with van der Waals surface area (Å²) < 4.78 is 27.5. The summed E-state index contributed by atoms with van der Waals surface area (Å²) >= 11 is 6.89. The molecule has 1 atom stereocenters. The van der Waals surface area contributed by atoms with Crippen molar-refractivity contribution < 1.29 is 13.2 Å². The van der Waals surface area contributed by atoms with Crippen molar-refractivity contribution in [2.24, 2.45) is 5.92 Å². The zero-order valence-electron chi connectivity index (χ0n) is 13.7. The summed E-state index contributed by atoms with van der Waals surface area (Å²) in [5.74, 6) is -0.506. The third-order valence-electron chi connectivity index (χ3n) is 4.22. The molecule has 8 heteroatoms. The molecule has 0 saturated carbocycles. The Hall–Kier alpha value is -1.41. The summed E-state index contributed by atoms with van der Waals surface area (Å²) in [6.45, 7) is 2.59. The predicted molar refractivity (Wildman–Crippen MR) is 101 cm³/mol. The van der Waals surface area contributed by atoms with Gasteiger partial charge in [-0.25, -0.2) is 8.42 Å². The molecule has 1 fully saturated rings. The van der Waals surface area contributed by atoms with E-state index in [4.69, 9.17) is 11.6 Å². The molecule has 134 valence electrons. The van der Waals surface area contributed by atoms with Gasteiger partial charge in [-0.2, -0.15) is 4.31 Å². The van der Waals surface area contributed by atoms with Gasteiger partial charge in [-0.15, -0.1) is 11.3 Å². The predicted octanol–water partition coefficient (Wildman–Crippen LogP) is 3.75. The Morgan fingerprint density at radius 1 is 1.24 bits per heavy atom. The van der Waals surface area contributed by atoms with Crippen molar-refractivity contribution in [3.05, 3.63) is 46.3 Å². The molecule has 2 aromatic rings. The minimum atomic E-state index is -3.60. The van der Waals surface area contributed by atoms with Crippen molar-refractivity contribution in [2.75, 3.05) is 18.4 Å². The van der Waals surface area contributed by atoms with Crippen LogP contribution < -0.4 is 5.32 Å². The number of hydrogen-bond acceptors (Lipinski definition) is 4. The number of hydrogen-bond donors (Lipinski definition) is 1. The summed E-state index contributed by atoms with van der Waals surface area (Å²) in [6, 6.07) is 10.6. The van der Waals surface area contributed by atoms with Gasteiger partial charge in [0.15, 0.2) is 0 Å². The molecule has 3 rings (SSSR count). The molecule has 0 aliphatic carbocycles. The number of amides is 1. The Balaban J connectivity index is 1.70. The molecular formula is C17H19ClN2O3S2. The normalized spacial score (nSPS) is 18.9. The van der Waals surface area contributed by atoms with Crippen LogP contribution in [-0.2, 0) is 14.8 Å². The lowest BCUT2D eigenvalue weighted by molar-refractivity contribution is -0.120. The first-order chi connectivity index (χ1) is 11.9. The van der Waals surface area contributed by atoms with E-state index in [9.17, 15) is 13.2 Å². The average molecular weight is 399 g/mol. The number of aryl methyl sites for hydroxylation is 1.